The van der Waals surface area contributed by atoms with Crippen molar-refractivity contribution in [3.8, 4) is 0 Å². The van der Waals surface area contributed by atoms with E-state index in [0.717, 1.165) is 44.0 Å². The molecule has 4 rings (SSSR count). The maximum Gasteiger partial charge on any atom is 0.229 e. The van der Waals surface area contributed by atoms with Crippen molar-refractivity contribution in [1.82, 2.24) is 15.5 Å². The van der Waals surface area contributed by atoms with E-state index in [1.165, 1.54) is 18.4 Å². The fraction of sp³-hybridized carbons (Fsp3) is 0.450. The molecule has 1 atom stereocenters. The first-order valence-electron chi connectivity index (χ1n) is 9.43. The highest BCUT2D eigenvalue weighted by Crippen LogP contribution is 2.27. The summed E-state index contributed by atoms with van der Waals surface area (Å²) in [6, 6.07) is 10.3. The highest BCUT2D eigenvalue weighted by molar-refractivity contribution is 5.93. The summed E-state index contributed by atoms with van der Waals surface area (Å²) in [6.07, 6.45) is 6.68. The Balaban J connectivity index is 1.33. The second kappa shape index (κ2) is 7.83. The number of anilines is 2. The Morgan fingerprint density at radius 2 is 1.88 bits per heavy atom. The van der Waals surface area contributed by atoms with E-state index < -0.39 is 0 Å². The number of benzene rings is 1. The summed E-state index contributed by atoms with van der Waals surface area (Å²) in [4.78, 5) is 14.8. The summed E-state index contributed by atoms with van der Waals surface area (Å²) in [5.41, 5.74) is 3.29. The molecule has 1 aromatic carbocycles. The van der Waals surface area contributed by atoms with Gasteiger partial charge in [-0.3, -0.25) is 4.79 Å². The first-order valence-corrected chi connectivity index (χ1v) is 9.43. The van der Waals surface area contributed by atoms with E-state index >= 15 is 0 Å². The number of nitrogens with zero attached hydrogens (tertiary/aromatic N) is 3. The molecule has 2 aromatic rings. The molecule has 1 aromatic heterocycles. The molecule has 0 spiro atoms. The van der Waals surface area contributed by atoms with E-state index in [9.17, 15) is 4.79 Å². The molecule has 2 aliphatic heterocycles. The van der Waals surface area contributed by atoms with Crippen molar-refractivity contribution in [3.05, 3.63) is 48.3 Å². The zero-order valence-corrected chi connectivity index (χ0v) is 14.9. The molecular formula is C20H25N5O. The van der Waals surface area contributed by atoms with Crippen molar-refractivity contribution >= 4 is 17.3 Å². The summed E-state index contributed by atoms with van der Waals surface area (Å²) >= 11 is 0. The molecule has 3 heterocycles. The lowest BCUT2D eigenvalue weighted by Gasteiger charge is -2.23. The van der Waals surface area contributed by atoms with Crippen LogP contribution in [-0.4, -0.2) is 42.3 Å². The summed E-state index contributed by atoms with van der Waals surface area (Å²) in [5, 5.41) is 14.2. The third kappa shape index (κ3) is 3.85. The molecule has 0 radical (unpaired) electrons. The zero-order valence-electron chi connectivity index (χ0n) is 14.9. The Kier molecular flexibility index (Phi) is 5.11. The molecule has 0 aliphatic carbocycles. The van der Waals surface area contributed by atoms with Crippen molar-refractivity contribution in [3.63, 3.8) is 0 Å². The number of amides is 1. The first-order chi connectivity index (χ1) is 12.8. The Labute approximate surface area is 154 Å². The molecule has 136 valence electrons. The van der Waals surface area contributed by atoms with Gasteiger partial charge in [-0.1, -0.05) is 12.1 Å². The third-order valence-electron chi connectivity index (χ3n) is 5.48. The van der Waals surface area contributed by atoms with Crippen LogP contribution in [0.2, 0.25) is 0 Å². The van der Waals surface area contributed by atoms with E-state index in [1.54, 1.807) is 12.4 Å². The summed E-state index contributed by atoms with van der Waals surface area (Å²) < 4.78 is 0. The van der Waals surface area contributed by atoms with Crippen molar-refractivity contribution in [2.75, 3.05) is 36.4 Å². The van der Waals surface area contributed by atoms with Gasteiger partial charge in [0, 0.05) is 18.8 Å². The average molecular weight is 351 g/mol. The minimum atomic E-state index is 0.00672. The summed E-state index contributed by atoms with van der Waals surface area (Å²) in [7, 11) is 0. The maximum absolute atomic E-state index is 12.6. The van der Waals surface area contributed by atoms with Crippen LogP contribution in [0.3, 0.4) is 0 Å². The van der Waals surface area contributed by atoms with Gasteiger partial charge in [0.15, 0.2) is 0 Å². The molecule has 0 bridgehead atoms. The molecule has 1 unspecified atom stereocenters. The number of carbonyl (C=O) groups is 1. The van der Waals surface area contributed by atoms with Crippen LogP contribution in [0, 0.1) is 5.92 Å². The first kappa shape index (κ1) is 17.0. The minimum absolute atomic E-state index is 0.00672. The normalized spacial score (nSPS) is 20.9. The van der Waals surface area contributed by atoms with Gasteiger partial charge in [-0.25, -0.2) is 0 Å². The molecule has 1 amide bonds. The van der Waals surface area contributed by atoms with Gasteiger partial charge >= 0.3 is 0 Å². The van der Waals surface area contributed by atoms with Gasteiger partial charge in [-0.2, -0.15) is 10.2 Å². The number of aromatic nitrogens is 2. The van der Waals surface area contributed by atoms with Crippen LogP contribution < -0.4 is 15.5 Å². The van der Waals surface area contributed by atoms with Crippen LogP contribution >= 0.6 is 0 Å². The molecule has 2 aliphatic rings. The van der Waals surface area contributed by atoms with Crippen LogP contribution in [0.5, 0.6) is 0 Å². The Morgan fingerprint density at radius 1 is 1.08 bits per heavy atom. The van der Waals surface area contributed by atoms with E-state index in [2.05, 4.69) is 37.9 Å². The highest BCUT2D eigenvalue weighted by Gasteiger charge is 2.28. The van der Waals surface area contributed by atoms with Crippen LogP contribution in [0.15, 0.2) is 42.7 Å². The van der Waals surface area contributed by atoms with E-state index in [0.29, 0.717) is 5.92 Å². The number of nitrogens with one attached hydrogen (secondary N) is 2. The molecule has 6 heteroatoms. The van der Waals surface area contributed by atoms with Crippen LogP contribution in [-0.2, 0) is 4.79 Å². The Bertz CT molecular complexity index is 728. The Hall–Kier alpha value is -2.47. The standard InChI is InChI=1S/C20H25N5O/c26-20(17-8-12-25(14-17)19-7-11-22-23-13-19)24-18-3-1-15(2-4-18)16-5-9-21-10-6-16/h1-4,7,11,13,16-17,21H,5-6,8-10,12,14H2,(H,24,26). The predicted octanol–water partition coefficient (Wildman–Crippen LogP) is 2.41. The van der Waals surface area contributed by atoms with Crippen molar-refractivity contribution < 1.29 is 4.79 Å². The van der Waals surface area contributed by atoms with Crippen molar-refractivity contribution in [1.29, 1.82) is 0 Å². The smallest absolute Gasteiger partial charge is 0.229 e. The van der Waals surface area contributed by atoms with Gasteiger partial charge in [0.05, 0.1) is 24.0 Å². The minimum Gasteiger partial charge on any atom is -0.369 e. The molecule has 6 nitrogen and oxygen atoms in total. The maximum atomic E-state index is 12.6. The zero-order chi connectivity index (χ0) is 17.8. The van der Waals surface area contributed by atoms with Crippen LogP contribution in [0.4, 0.5) is 11.4 Å². The topological polar surface area (TPSA) is 70.2 Å². The Morgan fingerprint density at radius 3 is 2.62 bits per heavy atom. The predicted molar refractivity (Wildman–Crippen MR) is 102 cm³/mol. The van der Waals surface area contributed by atoms with Crippen LogP contribution in [0.25, 0.3) is 0 Å². The van der Waals surface area contributed by atoms with Gasteiger partial charge in [0.2, 0.25) is 5.91 Å². The molecule has 0 saturated carbocycles. The van der Waals surface area contributed by atoms with Crippen molar-refractivity contribution in [2.45, 2.75) is 25.2 Å². The van der Waals surface area contributed by atoms with E-state index in [-0.39, 0.29) is 11.8 Å². The quantitative estimate of drug-likeness (QED) is 0.885. The summed E-state index contributed by atoms with van der Waals surface area (Å²) in [6.45, 7) is 3.78. The number of hydrogen-bond acceptors (Lipinski definition) is 5. The lowest BCUT2D eigenvalue weighted by Crippen LogP contribution is -2.27. The fourth-order valence-corrected chi connectivity index (χ4v) is 3.92. The largest absolute Gasteiger partial charge is 0.369 e. The van der Waals surface area contributed by atoms with Gasteiger partial charge in [-0.15, -0.1) is 0 Å². The number of piperidine rings is 1. The second-order valence-corrected chi connectivity index (χ2v) is 7.17. The lowest BCUT2D eigenvalue weighted by molar-refractivity contribution is -0.119. The van der Waals surface area contributed by atoms with Gasteiger partial charge < -0.3 is 15.5 Å². The fourth-order valence-electron chi connectivity index (χ4n) is 3.92. The number of hydrogen-bond donors (Lipinski definition) is 2. The van der Waals surface area contributed by atoms with Gasteiger partial charge in [-0.05, 0) is 62.0 Å². The number of carbonyl (C=O) groups excluding carboxylic acids is 1. The SMILES string of the molecule is O=C(Nc1ccc(C2CCNCC2)cc1)C1CCN(c2ccnnc2)C1. The van der Waals surface area contributed by atoms with Gasteiger partial charge in [0.25, 0.3) is 0 Å². The summed E-state index contributed by atoms with van der Waals surface area (Å²) in [5.74, 6) is 0.745. The monoisotopic (exact) mass is 351 g/mol. The molecule has 26 heavy (non-hydrogen) atoms. The number of rotatable bonds is 4. The molecule has 2 N–H and O–H groups in total. The van der Waals surface area contributed by atoms with Crippen LogP contribution in [0.1, 0.15) is 30.7 Å². The van der Waals surface area contributed by atoms with Gasteiger partial charge in [0.1, 0.15) is 0 Å². The highest BCUT2D eigenvalue weighted by atomic mass is 16.1. The lowest BCUT2D eigenvalue weighted by atomic mass is 9.90. The molecule has 2 saturated heterocycles. The second-order valence-electron chi connectivity index (χ2n) is 7.17. The van der Waals surface area contributed by atoms with E-state index in [4.69, 9.17) is 0 Å². The van der Waals surface area contributed by atoms with Crippen molar-refractivity contribution in [2.24, 2.45) is 5.92 Å². The average Bonchev–Trinajstić information content (AvgIpc) is 3.20. The van der Waals surface area contributed by atoms with E-state index in [1.807, 2.05) is 18.2 Å². The molecular weight excluding hydrogens is 326 g/mol. The third-order valence-corrected chi connectivity index (χ3v) is 5.48. The molecule has 2 fully saturated rings.